The Morgan fingerprint density at radius 1 is 0.879 bits per heavy atom. The Kier molecular flexibility index (Phi) is 7.32. The molecule has 0 aromatic heterocycles. The van der Waals surface area contributed by atoms with Gasteiger partial charge in [0.25, 0.3) is 0 Å². The molecule has 0 aliphatic heterocycles. The van der Waals surface area contributed by atoms with Crippen LogP contribution in [0.2, 0.25) is 18.1 Å². The molecule has 4 rings (SSSR count). The van der Waals surface area contributed by atoms with Crippen LogP contribution in [0.5, 0.6) is 0 Å². The summed E-state index contributed by atoms with van der Waals surface area (Å²) in [5.74, 6) is 5.50. The van der Waals surface area contributed by atoms with Crippen molar-refractivity contribution in [2.45, 2.75) is 143 Å². The number of rotatable bonds is 6. The van der Waals surface area contributed by atoms with E-state index >= 15 is 0 Å². The van der Waals surface area contributed by atoms with Gasteiger partial charge in [0.15, 0.2) is 8.32 Å². The standard InChI is InChI=1S/C30H56O2Si/c1-21(12-17-27(31)32-33(7,8)28(2,3)4)24-15-16-25-23-14-13-22-11-9-10-19-29(22,5)26(23)18-20-30(24,25)6/h21-27,31H,9-20H2,1-8H3/t21-,22+,23+,24-,25+,26+,27?,29+,30-/m1/s1. The van der Waals surface area contributed by atoms with E-state index < -0.39 is 14.6 Å². The van der Waals surface area contributed by atoms with E-state index in [1.54, 1.807) is 0 Å². The zero-order valence-electron chi connectivity index (χ0n) is 23.4. The number of hydrogen-bond donors (Lipinski definition) is 1. The van der Waals surface area contributed by atoms with E-state index in [0.717, 1.165) is 42.4 Å². The van der Waals surface area contributed by atoms with E-state index in [0.29, 0.717) is 16.7 Å². The Morgan fingerprint density at radius 2 is 1.58 bits per heavy atom. The molecule has 33 heavy (non-hydrogen) atoms. The molecule has 192 valence electrons. The lowest BCUT2D eigenvalue weighted by Gasteiger charge is -2.61. The fraction of sp³-hybridized carbons (Fsp3) is 1.00. The van der Waals surface area contributed by atoms with E-state index in [1.165, 1.54) is 64.2 Å². The fourth-order valence-electron chi connectivity index (χ4n) is 9.45. The first-order chi connectivity index (χ1) is 15.3. The maximum Gasteiger partial charge on any atom is 0.195 e. The minimum atomic E-state index is -1.91. The average Bonchev–Trinajstić information content (AvgIpc) is 3.07. The first-order valence-electron chi connectivity index (χ1n) is 14.7. The summed E-state index contributed by atoms with van der Waals surface area (Å²) in [6.45, 7) is 19.1. The lowest BCUT2D eigenvalue weighted by Crippen LogP contribution is -2.53. The summed E-state index contributed by atoms with van der Waals surface area (Å²) in [4.78, 5) is 0. The molecule has 0 aromatic carbocycles. The molecule has 1 N–H and O–H groups in total. The van der Waals surface area contributed by atoms with Gasteiger partial charge in [-0.1, -0.05) is 54.4 Å². The van der Waals surface area contributed by atoms with Crippen molar-refractivity contribution in [2.75, 3.05) is 0 Å². The molecule has 0 heterocycles. The van der Waals surface area contributed by atoms with Crippen LogP contribution in [0.1, 0.15) is 119 Å². The summed E-state index contributed by atoms with van der Waals surface area (Å²) < 4.78 is 6.27. The second kappa shape index (κ2) is 9.22. The van der Waals surface area contributed by atoms with Gasteiger partial charge in [0.1, 0.15) is 6.29 Å². The van der Waals surface area contributed by atoms with E-state index in [-0.39, 0.29) is 5.04 Å². The quantitative estimate of drug-likeness (QED) is 0.306. The van der Waals surface area contributed by atoms with Gasteiger partial charge in [-0.3, -0.25) is 0 Å². The van der Waals surface area contributed by atoms with Gasteiger partial charge >= 0.3 is 0 Å². The van der Waals surface area contributed by atoms with E-state index in [4.69, 9.17) is 4.43 Å². The molecule has 1 unspecified atom stereocenters. The third-order valence-electron chi connectivity index (χ3n) is 12.4. The molecule has 4 aliphatic rings. The van der Waals surface area contributed by atoms with Crippen molar-refractivity contribution in [3.63, 3.8) is 0 Å². The molecule has 0 saturated heterocycles. The van der Waals surface area contributed by atoms with Crippen LogP contribution >= 0.6 is 0 Å². The van der Waals surface area contributed by atoms with Crippen molar-refractivity contribution in [1.29, 1.82) is 0 Å². The zero-order chi connectivity index (χ0) is 24.2. The van der Waals surface area contributed by atoms with Gasteiger partial charge in [-0.15, -0.1) is 0 Å². The monoisotopic (exact) mass is 476 g/mol. The third kappa shape index (κ3) is 4.66. The van der Waals surface area contributed by atoms with Crippen molar-refractivity contribution in [3.05, 3.63) is 0 Å². The summed E-state index contributed by atoms with van der Waals surface area (Å²) >= 11 is 0. The molecular weight excluding hydrogens is 420 g/mol. The van der Waals surface area contributed by atoms with Crippen LogP contribution in [0.15, 0.2) is 0 Å². The number of aliphatic hydroxyl groups excluding tert-OH is 1. The predicted molar refractivity (Wildman–Crippen MR) is 143 cm³/mol. The van der Waals surface area contributed by atoms with Gasteiger partial charge in [0.05, 0.1) is 0 Å². The molecule has 0 bridgehead atoms. The van der Waals surface area contributed by atoms with Gasteiger partial charge in [0, 0.05) is 0 Å². The summed E-state index contributed by atoms with van der Waals surface area (Å²) in [5, 5.41) is 10.9. The van der Waals surface area contributed by atoms with Crippen LogP contribution in [0.3, 0.4) is 0 Å². The highest BCUT2D eigenvalue weighted by atomic mass is 28.4. The predicted octanol–water partition coefficient (Wildman–Crippen LogP) is 8.79. The second-order valence-electron chi connectivity index (χ2n) is 15.0. The summed E-state index contributed by atoms with van der Waals surface area (Å²) in [5.41, 5.74) is 1.18. The maximum absolute atomic E-state index is 10.7. The lowest BCUT2D eigenvalue weighted by molar-refractivity contribution is -0.115. The van der Waals surface area contributed by atoms with Crippen molar-refractivity contribution >= 4 is 8.32 Å². The zero-order valence-corrected chi connectivity index (χ0v) is 24.4. The Balaban J connectivity index is 1.38. The van der Waals surface area contributed by atoms with Crippen LogP contribution in [-0.4, -0.2) is 19.7 Å². The van der Waals surface area contributed by atoms with Crippen LogP contribution in [0.4, 0.5) is 0 Å². The molecule has 3 heteroatoms. The van der Waals surface area contributed by atoms with Gasteiger partial charge in [-0.2, -0.15) is 0 Å². The molecule has 0 aromatic rings. The Morgan fingerprint density at radius 3 is 2.27 bits per heavy atom. The van der Waals surface area contributed by atoms with Crippen LogP contribution in [-0.2, 0) is 4.43 Å². The van der Waals surface area contributed by atoms with Gasteiger partial charge in [-0.25, -0.2) is 0 Å². The summed E-state index contributed by atoms with van der Waals surface area (Å²) in [7, 11) is -1.91. The Hall–Kier alpha value is 0.137. The molecule has 0 spiro atoms. The van der Waals surface area contributed by atoms with Crippen molar-refractivity contribution in [3.8, 4) is 0 Å². The first-order valence-corrected chi connectivity index (χ1v) is 17.6. The third-order valence-corrected chi connectivity index (χ3v) is 16.9. The van der Waals surface area contributed by atoms with E-state index in [9.17, 15) is 5.11 Å². The molecule has 0 amide bonds. The smallest absolute Gasteiger partial charge is 0.195 e. The topological polar surface area (TPSA) is 29.5 Å². The Bertz CT molecular complexity index is 683. The van der Waals surface area contributed by atoms with Crippen LogP contribution < -0.4 is 0 Å². The SMILES string of the molecule is C[C@H](CCC(O)O[Si](C)(C)C(C)(C)C)[C@H]1CC[C@H]2[C@@H]3CC[C@@H]4CCCC[C@]4(C)[C@H]3CC[C@]12C. The van der Waals surface area contributed by atoms with Gasteiger partial charge in [0.2, 0.25) is 0 Å². The highest BCUT2D eigenvalue weighted by Gasteiger charge is 2.60. The molecule has 9 atom stereocenters. The Labute approximate surface area is 207 Å². The van der Waals surface area contributed by atoms with E-state index in [1.807, 2.05) is 0 Å². The normalized spacial score (nSPS) is 43.4. The van der Waals surface area contributed by atoms with Crippen molar-refractivity contribution < 1.29 is 9.53 Å². The van der Waals surface area contributed by atoms with Crippen molar-refractivity contribution in [1.82, 2.24) is 0 Å². The van der Waals surface area contributed by atoms with Crippen molar-refractivity contribution in [2.24, 2.45) is 46.3 Å². The molecular formula is C30H56O2Si. The van der Waals surface area contributed by atoms with Crippen LogP contribution in [0, 0.1) is 46.3 Å². The summed E-state index contributed by atoms with van der Waals surface area (Å²) in [6, 6.07) is 0. The number of aliphatic hydroxyl groups is 1. The van der Waals surface area contributed by atoms with Gasteiger partial charge in [-0.05, 0) is 129 Å². The number of hydrogen-bond acceptors (Lipinski definition) is 2. The highest BCUT2D eigenvalue weighted by molar-refractivity contribution is 6.74. The first kappa shape index (κ1) is 26.2. The molecule has 4 saturated carbocycles. The molecule has 4 fully saturated rings. The lowest BCUT2D eigenvalue weighted by atomic mass is 9.44. The largest absolute Gasteiger partial charge is 0.392 e. The minimum absolute atomic E-state index is 0.151. The molecule has 2 nitrogen and oxygen atoms in total. The average molecular weight is 477 g/mol. The maximum atomic E-state index is 10.7. The fourth-order valence-corrected chi connectivity index (χ4v) is 10.6. The summed E-state index contributed by atoms with van der Waals surface area (Å²) in [6.07, 6.45) is 16.2. The second-order valence-corrected chi connectivity index (χ2v) is 19.8. The molecule has 0 radical (unpaired) electrons. The van der Waals surface area contributed by atoms with E-state index in [2.05, 4.69) is 54.6 Å². The van der Waals surface area contributed by atoms with Crippen LogP contribution in [0.25, 0.3) is 0 Å². The van der Waals surface area contributed by atoms with Gasteiger partial charge < -0.3 is 9.53 Å². The molecule has 4 aliphatic carbocycles. The highest BCUT2D eigenvalue weighted by Crippen LogP contribution is 2.68. The minimum Gasteiger partial charge on any atom is -0.392 e. The number of fused-ring (bicyclic) bond motifs is 5.